The molecule has 1 aromatic heterocycles. The molecular weight excluding hydrogens is 388 g/mol. The largest absolute Gasteiger partial charge is 0.298 e. The summed E-state index contributed by atoms with van der Waals surface area (Å²) >= 11 is 3.13. The third-order valence-electron chi connectivity index (χ3n) is 4.58. The molecule has 2 aliphatic rings. The van der Waals surface area contributed by atoms with Gasteiger partial charge in [0.1, 0.15) is 5.70 Å². The fourth-order valence-corrected chi connectivity index (χ4v) is 4.74. The minimum atomic E-state index is -0.338. The minimum Gasteiger partial charge on any atom is -0.298 e. The van der Waals surface area contributed by atoms with Crippen LogP contribution >= 0.6 is 23.1 Å². The van der Waals surface area contributed by atoms with E-state index in [2.05, 4.69) is 22.8 Å². The van der Waals surface area contributed by atoms with Crippen molar-refractivity contribution in [3.05, 3.63) is 93.1 Å². The number of nitrogens with one attached hydrogen (secondary N) is 1. The maximum atomic E-state index is 13.0. The molecule has 0 saturated heterocycles. The lowest BCUT2D eigenvalue weighted by molar-refractivity contribution is -0.116. The number of rotatable bonds is 3. The molecule has 0 bridgehead atoms. The topological polar surface area (TPSA) is 57.1 Å². The van der Waals surface area contributed by atoms with E-state index in [1.165, 1.54) is 17.3 Å². The number of fused-ring (bicyclic) bond motifs is 2. The maximum absolute atomic E-state index is 13.0. The van der Waals surface area contributed by atoms with Crippen LogP contribution in [-0.4, -0.2) is 16.1 Å². The molecule has 138 valence electrons. The Morgan fingerprint density at radius 3 is 2.71 bits per heavy atom. The van der Waals surface area contributed by atoms with Crippen molar-refractivity contribution in [2.75, 3.05) is 0 Å². The number of hydrogen-bond acceptors (Lipinski definition) is 6. The summed E-state index contributed by atoms with van der Waals surface area (Å²) in [4.78, 5) is 17.9. The van der Waals surface area contributed by atoms with E-state index >= 15 is 0 Å². The number of amides is 1. The van der Waals surface area contributed by atoms with Crippen molar-refractivity contribution >= 4 is 39.9 Å². The molecule has 7 heteroatoms. The normalized spacial score (nSPS) is 17.9. The van der Waals surface area contributed by atoms with Crippen LogP contribution in [0.4, 0.5) is 0 Å². The fourth-order valence-electron chi connectivity index (χ4n) is 3.26. The van der Waals surface area contributed by atoms with Gasteiger partial charge in [-0.25, -0.2) is 5.01 Å². The second-order valence-corrected chi connectivity index (χ2v) is 8.15. The predicted molar refractivity (Wildman–Crippen MR) is 113 cm³/mol. The second kappa shape index (κ2) is 7.26. The molecule has 0 fully saturated rings. The van der Waals surface area contributed by atoms with E-state index < -0.39 is 0 Å². The summed E-state index contributed by atoms with van der Waals surface area (Å²) in [7, 11) is 0. The quantitative estimate of drug-likeness (QED) is 0.730. The molecule has 2 aliphatic heterocycles. The highest BCUT2D eigenvalue weighted by Gasteiger charge is 2.34. The number of carbonyl (C=O) groups excluding carboxylic acids is 1. The highest BCUT2D eigenvalue weighted by molar-refractivity contribution is 8.13. The molecule has 28 heavy (non-hydrogen) atoms. The average molecular weight is 405 g/mol. The number of amidine groups is 1. The first-order valence-corrected chi connectivity index (χ1v) is 10.8. The summed E-state index contributed by atoms with van der Waals surface area (Å²) < 4.78 is 0. The molecule has 0 saturated carbocycles. The summed E-state index contributed by atoms with van der Waals surface area (Å²) in [5.41, 5.74) is 2.76. The number of thiophene rings is 1. The number of carbonyl (C=O) groups is 1. The van der Waals surface area contributed by atoms with Gasteiger partial charge in [0.05, 0.1) is 5.36 Å². The van der Waals surface area contributed by atoms with E-state index in [0.29, 0.717) is 10.9 Å². The highest BCUT2D eigenvalue weighted by atomic mass is 32.2. The number of para-hydroxylation sites is 1. The van der Waals surface area contributed by atoms with Crippen LogP contribution in [0.1, 0.15) is 17.3 Å². The fraction of sp³-hybridized carbons (Fsp3) is 0.0952. The Balaban J connectivity index is 1.56. The van der Waals surface area contributed by atoms with Crippen LogP contribution in [0.15, 0.2) is 81.5 Å². The van der Waals surface area contributed by atoms with Crippen molar-refractivity contribution in [2.24, 2.45) is 10.1 Å². The van der Waals surface area contributed by atoms with E-state index in [1.54, 1.807) is 16.3 Å². The number of hydrazone groups is 1. The van der Waals surface area contributed by atoms with Crippen LogP contribution in [0, 0.1) is 0 Å². The van der Waals surface area contributed by atoms with Gasteiger partial charge in [0.15, 0.2) is 11.3 Å². The first-order valence-electron chi connectivity index (χ1n) is 8.85. The van der Waals surface area contributed by atoms with Crippen molar-refractivity contribution in [1.29, 1.82) is 0 Å². The van der Waals surface area contributed by atoms with Crippen LogP contribution in [0.25, 0.3) is 5.70 Å². The van der Waals surface area contributed by atoms with Gasteiger partial charge in [0.2, 0.25) is 0 Å². The van der Waals surface area contributed by atoms with E-state index in [-0.39, 0.29) is 12.1 Å². The molecule has 5 nitrogen and oxygen atoms in total. The zero-order valence-electron chi connectivity index (χ0n) is 14.8. The van der Waals surface area contributed by atoms with E-state index in [0.717, 1.165) is 21.9 Å². The summed E-state index contributed by atoms with van der Waals surface area (Å²) in [5.74, 6) is 0.591. The van der Waals surface area contributed by atoms with E-state index in [4.69, 9.17) is 10.1 Å². The van der Waals surface area contributed by atoms with Gasteiger partial charge in [-0.1, -0.05) is 60.3 Å². The molecule has 1 atom stereocenters. The first-order chi connectivity index (χ1) is 13.8. The van der Waals surface area contributed by atoms with Gasteiger partial charge in [0, 0.05) is 16.5 Å². The molecule has 3 heterocycles. The Morgan fingerprint density at radius 1 is 1.07 bits per heavy atom. The van der Waals surface area contributed by atoms with Crippen LogP contribution < -0.4 is 15.9 Å². The van der Waals surface area contributed by atoms with Crippen LogP contribution in [-0.2, 0) is 10.5 Å². The van der Waals surface area contributed by atoms with Crippen molar-refractivity contribution in [1.82, 2.24) is 10.3 Å². The zero-order chi connectivity index (χ0) is 18.9. The molecule has 1 amide bonds. The SMILES string of the molecule is O=C1NC(SCc2ccccc2)=NN2C1=c1ccccc1=NC2c1ccsc1. The lowest BCUT2D eigenvalue weighted by Gasteiger charge is -2.33. The highest BCUT2D eigenvalue weighted by Crippen LogP contribution is 2.32. The molecular formula is C21H16N4OS2. The summed E-state index contributed by atoms with van der Waals surface area (Å²) in [6.45, 7) is 0. The summed E-state index contributed by atoms with van der Waals surface area (Å²) in [5, 5.41) is 15.8. The van der Waals surface area contributed by atoms with Crippen molar-refractivity contribution < 1.29 is 4.79 Å². The van der Waals surface area contributed by atoms with Gasteiger partial charge in [-0.05, 0) is 28.5 Å². The third-order valence-corrected chi connectivity index (χ3v) is 6.21. The number of benzene rings is 2. The average Bonchev–Trinajstić information content (AvgIpc) is 3.27. The van der Waals surface area contributed by atoms with E-state index in [9.17, 15) is 4.79 Å². The first kappa shape index (κ1) is 17.2. The summed E-state index contributed by atoms with van der Waals surface area (Å²) in [6, 6.07) is 19.9. The van der Waals surface area contributed by atoms with Gasteiger partial charge in [-0.3, -0.25) is 15.1 Å². The van der Waals surface area contributed by atoms with Gasteiger partial charge in [0.25, 0.3) is 5.91 Å². The van der Waals surface area contributed by atoms with Crippen molar-refractivity contribution in [3.8, 4) is 0 Å². The Labute approximate surface area is 170 Å². The Morgan fingerprint density at radius 2 is 1.89 bits per heavy atom. The minimum absolute atomic E-state index is 0.145. The number of nitrogens with zero attached hydrogens (tertiary/aromatic N) is 3. The standard InChI is InChI=1S/C21H16N4OS2/c26-20-18-16-8-4-5-9-17(16)22-19(15-10-11-27-13-15)25(18)24-21(23-20)28-12-14-6-2-1-3-7-14/h1-11,13,19H,12H2,(H,23,24,26). The number of thioether (sulfide) groups is 1. The molecule has 1 unspecified atom stereocenters. The van der Waals surface area contributed by atoms with Gasteiger partial charge < -0.3 is 0 Å². The van der Waals surface area contributed by atoms with E-state index in [1.807, 2.05) is 53.9 Å². The van der Waals surface area contributed by atoms with Crippen LogP contribution in [0.3, 0.4) is 0 Å². The number of hydrogen-bond donors (Lipinski definition) is 1. The van der Waals surface area contributed by atoms with Crippen molar-refractivity contribution in [2.45, 2.75) is 11.9 Å². The predicted octanol–water partition coefficient (Wildman–Crippen LogP) is 2.82. The maximum Gasteiger partial charge on any atom is 0.276 e. The Bertz CT molecular complexity index is 1170. The lowest BCUT2D eigenvalue weighted by atomic mass is 10.1. The smallest absolute Gasteiger partial charge is 0.276 e. The van der Waals surface area contributed by atoms with Crippen LogP contribution in [0.2, 0.25) is 0 Å². The Kier molecular flexibility index (Phi) is 4.46. The monoisotopic (exact) mass is 404 g/mol. The van der Waals surface area contributed by atoms with Gasteiger partial charge >= 0.3 is 0 Å². The molecule has 0 radical (unpaired) electrons. The van der Waals surface area contributed by atoms with Crippen LogP contribution in [0.5, 0.6) is 0 Å². The zero-order valence-corrected chi connectivity index (χ0v) is 16.4. The van der Waals surface area contributed by atoms with Gasteiger partial charge in [-0.15, -0.1) is 5.10 Å². The van der Waals surface area contributed by atoms with Crippen molar-refractivity contribution in [3.63, 3.8) is 0 Å². The molecule has 0 spiro atoms. The van der Waals surface area contributed by atoms with Gasteiger partial charge in [-0.2, -0.15) is 11.3 Å². The molecule has 3 aromatic rings. The Hall–Kier alpha value is -2.90. The molecule has 2 aromatic carbocycles. The lowest BCUT2D eigenvalue weighted by Crippen LogP contribution is -2.50. The molecule has 1 N–H and O–H groups in total. The third kappa shape index (κ3) is 3.12. The molecule has 0 aliphatic carbocycles. The molecule has 5 rings (SSSR count). The second-order valence-electron chi connectivity index (χ2n) is 6.40. The summed E-state index contributed by atoms with van der Waals surface area (Å²) in [6.07, 6.45) is -0.338.